The molecule has 1 N–H and O–H groups in total. The van der Waals surface area contributed by atoms with Crippen molar-refractivity contribution in [3.8, 4) is 0 Å². The number of nitrogens with zero attached hydrogens (tertiary/aromatic N) is 4. The van der Waals surface area contributed by atoms with Crippen LogP contribution in [0.2, 0.25) is 5.02 Å². The molecule has 1 aromatic carbocycles. The molecule has 1 amide bonds. The number of piperazine rings is 1. The molecule has 2 heterocycles. The summed E-state index contributed by atoms with van der Waals surface area (Å²) in [6.07, 6.45) is 2.01. The lowest BCUT2D eigenvalue weighted by Gasteiger charge is -2.36. The quantitative estimate of drug-likeness (QED) is 0.770. The van der Waals surface area contributed by atoms with Crippen LogP contribution in [0.1, 0.15) is 35.9 Å². The molecule has 0 radical (unpaired) electrons. The van der Waals surface area contributed by atoms with Crippen LogP contribution in [0.4, 0.5) is 11.6 Å². The summed E-state index contributed by atoms with van der Waals surface area (Å²) in [4.78, 5) is 25.8. The van der Waals surface area contributed by atoms with E-state index in [1.807, 2.05) is 25.1 Å². The molecule has 0 bridgehead atoms. The number of carbonyl (C=O) groups is 1. The zero-order chi connectivity index (χ0) is 19.2. The van der Waals surface area contributed by atoms with Crippen LogP contribution >= 0.6 is 11.6 Å². The summed E-state index contributed by atoms with van der Waals surface area (Å²) < 4.78 is 0. The van der Waals surface area contributed by atoms with Gasteiger partial charge in [0.05, 0.1) is 0 Å². The van der Waals surface area contributed by atoms with Crippen molar-refractivity contribution in [1.29, 1.82) is 0 Å². The van der Waals surface area contributed by atoms with Gasteiger partial charge in [-0.15, -0.1) is 0 Å². The number of unbranched alkanes of at least 4 members (excludes halogenated alkanes) is 1. The molecule has 0 saturated carbocycles. The van der Waals surface area contributed by atoms with Gasteiger partial charge in [0.25, 0.3) is 5.91 Å². The van der Waals surface area contributed by atoms with E-state index in [0.717, 1.165) is 55.4 Å². The predicted octanol–water partition coefficient (Wildman–Crippen LogP) is 3.29. The number of amides is 1. The maximum Gasteiger partial charge on any atom is 0.270 e. The van der Waals surface area contributed by atoms with E-state index in [9.17, 15) is 4.79 Å². The topological polar surface area (TPSA) is 61.4 Å². The third-order valence-electron chi connectivity index (χ3n) is 4.63. The first-order valence-corrected chi connectivity index (χ1v) is 9.84. The first-order valence-electron chi connectivity index (χ1n) is 9.46. The van der Waals surface area contributed by atoms with Crippen molar-refractivity contribution in [2.75, 3.05) is 42.5 Å². The van der Waals surface area contributed by atoms with E-state index in [1.54, 1.807) is 6.07 Å². The van der Waals surface area contributed by atoms with E-state index in [-0.39, 0.29) is 5.91 Å². The van der Waals surface area contributed by atoms with E-state index in [1.165, 1.54) is 0 Å². The molecule has 0 atom stereocenters. The largest absolute Gasteiger partial charge is 0.368 e. The zero-order valence-corrected chi connectivity index (χ0v) is 16.7. The summed E-state index contributed by atoms with van der Waals surface area (Å²) in [6.45, 7) is 7.98. The average molecular weight is 388 g/mol. The van der Waals surface area contributed by atoms with Gasteiger partial charge < -0.3 is 15.1 Å². The van der Waals surface area contributed by atoms with Crippen LogP contribution in [0.3, 0.4) is 0 Å². The lowest BCUT2D eigenvalue weighted by Crippen LogP contribution is -2.47. The number of hydrogen-bond acceptors (Lipinski definition) is 5. The summed E-state index contributed by atoms with van der Waals surface area (Å²) in [5, 5.41) is 3.67. The molecule has 1 fully saturated rings. The van der Waals surface area contributed by atoms with Gasteiger partial charge in [0.15, 0.2) is 0 Å². The summed E-state index contributed by atoms with van der Waals surface area (Å²) >= 11 is 6.10. The van der Waals surface area contributed by atoms with Crippen molar-refractivity contribution < 1.29 is 4.79 Å². The highest BCUT2D eigenvalue weighted by atomic mass is 35.5. The Balaban J connectivity index is 1.66. The van der Waals surface area contributed by atoms with Gasteiger partial charge in [-0.2, -0.15) is 0 Å². The Morgan fingerprint density at radius 2 is 1.89 bits per heavy atom. The Morgan fingerprint density at radius 3 is 2.59 bits per heavy atom. The van der Waals surface area contributed by atoms with E-state index in [2.05, 4.69) is 38.1 Å². The van der Waals surface area contributed by atoms with Crippen LogP contribution in [-0.2, 0) is 0 Å². The number of aromatic nitrogens is 2. The molecule has 27 heavy (non-hydrogen) atoms. The summed E-state index contributed by atoms with van der Waals surface area (Å²) in [5.74, 6) is 0.495. The average Bonchev–Trinajstić information content (AvgIpc) is 2.68. The van der Waals surface area contributed by atoms with Crippen LogP contribution in [0.25, 0.3) is 0 Å². The lowest BCUT2D eigenvalue weighted by molar-refractivity contribution is 0.0948. The Kier molecular flexibility index (Phi) is 6.50. The third-order valence-corrected chi connectivity index (χ3v) is 4.86. The van der Waals surface area contributed by atoms with Gasteiger partial charge in [-0.3, -0.25) is 4.79 Å². The van der Waals surface area contributed by atoms with Gasteiger partial charge in [-0.25, -0.2) is 9.97 Å². The molecule has 0 aliphatic carbocycles. The summed E-state index contributed by atoms with van der Waals surface area (Å²) in [6, 6.07) is 9.65. The van der Waals surface area contributed by atoms with E-state index < -0.39 is 0 Å². The Morgan fingerprint density at radius 1 is 1.15 bits per heavy atom. The molecule has 144 valence electrons. The molecule has 3 rings (SSSR count). The second-order valence-corrected chi connectivity index (χ2v) is 7.19. The normalized spacial score (nSPS) is 14.3. The van der Waals surface area contributed by atoms with Gasteiger partial charge in [0, 0.05) is 49.1 Å². The van der Waals surface area contributed by atoms with E-state index in [4.69, 9.17) is 11.6 Å². The van der Waals surface area contributed by atoms with Crippen molar-refractivity contribution in [2.45, 2.75) is 26.7 Å². The van der Waals surface area contributed by atoms with E-state index in [0.29, 0.717) is 18.2 Å². The smallest absolute Gasteiger partial charge is 0.270 e. The monoisotopic (exact) mass is 387 g/mol. The molecule has 0 unspecified atom stereocenters. The van der Waals surface area contributed by atoms with Gasteiger partial charge in [0.1, 0.15) is 5.69 Å². The molecular weight excluding hydrogens is 362 g/mol. The number of nitrogens with one attached hydrogen (secondary N) is 1. The van der Waals surface area contributed by atoms with Crippen molar-refractivity contribution >= 4 is 29.1 Å². The molecule has 1 saturated heterocycles. The maximum atomic E-state index is 12.3. The van der Waals surface area contributed by atoms with Crippen LogP contribution in [0.5, 0.6) is 0 Å². The fourth-order valence-electron chi connectivity index (χ4n) is 3.12. The highest BCUT2D eigenvalue weighted by Crippen LogP contribution is 2.22. The molecule has 1 aliphatic rings. The van der Waals surface area contributed by atoms with Crippen molar-refractivity contribution in [3.05, 3.63) is 46.7 Å². The minimum atomic E-state index is -0.132. The summed E-state index contributed by atoms with van der Waals surface area (Å²) in [5.41, 5.74) is 2.37. The molecule has 2 aromatic rings. The zero-order valence-electron chi connectivity index (χ0n) is 15.9. The van der Waals surface area contributed by atoms with Crippen LogP contribution in [0, 0.1) is 6.92 Å². The number of anilines is 2. The predicted molar refractivity (Wildman–Crippen MR) is 110 cm³/mol. The number of benzene rings is 1. The Labute approximate surface area is 165 Å². The number of hydrogen-bond donors (Lipinski definition) is 1. The van der Waals surface area contributed by atoms with Crippen LogP contribution in [0.15, 0.2) is 30.3 Å². The number of aryl methyl sites for hydroxylation is 1. The Hall–Kier alpha value is -2.34. The standard InChI is InChI=1S/C20H26ClN5O/c1-3-4-8-22-19(27)18-13-15(2)23-20(24-18)26-11-9-25(10-12-26)17-7-5-6-16(21)14-17/h5-7,13-14H,3-4,8-12H2,1-2H3,(H,22,27). The third kappa shape index (κ3) is 5.10. The molecule has 6 nitrogen and oxygen atoms in total. The fourth-order valence-corrected chi connectivity index (χ4v) is 3.30. The SMILES string of the molecule is CCCCNC(=O)c1cc(C)nc(N2CCN(c3cccc(Cl)c3)CC2)n1. The van der Waals surface area contributed by atoms with E-state index >= 15 is 0 Å². The van der Waals surface area contributed by atoms with Crippen LogP contribution in [-0.4, -0.2) is 48.6 Å². The molecule has 1 aliphatic heterocycles. The van der Waals surface area contributed by atoms with Crippen molar-refractivity contribution in [3.63, 3.8) is 0 Å². The maximum absolute atomic E-state index is 12.3. The fraction of sp³-hybridized carbons (Fsp3) is 0.450. The van der Waals surface area contributed by atoms with Gasteiger partial charge in [-0.1, -0.05) is 31.0 Å². The molecule has 0 spiro atoms. The number of halogens is 1. The van der Waals surface area contributed by atoms with Gasteiger partial charge in [0.2, 0.25) is 5.95 Å². The number of rotatable bonds is 6. The summed E-state index contributed by atoms with van der Waals surface area (Å²) in [7, 11) is 0. The minimum absolute atomic E-state index is 0.132. The van der Waals surface area contributed by atoms with Crippen molar-refractivity contribution in [1.82, 2.24) is 15.3 Å². The van der Waals surface area contributed by atoms with Gasteiger partial charge in [-0.05, 0) is 37.6 Å². The van der Waals surface area contributed by atoms with Crippen molar-refractivity contribution in [2.24, 2.45) is 0 Å². The Bertz CT molecular complexity index is 790. The van der Waals surface area contributed by atoms with Crippen LogP contribution < -0.4 is 15.1 Å². The highest BCUT2D eigenvalue weighted by Gasteiger charge is 2.21. The second kappa shape index (κ2) is 9.04. The first-order chi connectivity index (χ1) is 13.1. The molecule has 1 aromatic heterocycles. The molecular formula is C20H26ClN5O. The molecule has 7 heteroatoms. The number of carbonyl (C=O) groups excluding carboxylic acids is 1. The highest BCUT2D eigenvalue weighted by molar-refractivity contribution is 6.30. The minimum Gasteiger partial charge on any atom is -0.368 e. The second-order valence-electron chi connectivity index (χ2n) is 6.76. The lowest BCUT2D eigenvalue weighted by atomic mass is 10.2. The van der Waals surface area contributed by atoms with Gasteiger partial charge >= 0.3 is 0 Å². The first kappa shape index (κ1) is 19.4.